The summed E-state index contributed by atoms with van der Waals surface area (Å²) in [4.78, 5) is 20.1. The minimum absolute atomic E-state index is 0.0674. The van der Waals surface area contributed by atoms with Crippen molar-refractivity contribution in [3.05, 3.63) is 65.2 Å². The first-order chi connectivity index (χ1) is 12.6. The van der Waals surface area contributed by atoms with Crippen molar-refractivity contribution in [1.82, 2.24) is 9.88 Å². The highest BCUT2D eigenvalue weighted by molar-refractivity contribution is 6.08. The van der Waals surface area contributed by atoms with E-state index in [-0.39, 0.29) is 5.91 Å². The molecule has 1 aliphatic rings. The van der Waals surface area contributed by atoms with Crippen molar-refractivity contribution in [2.45, 2.75) is 13.8 Å². The van der Waals surface area contributed by atoms with Crippen molar-refractivity contribution in [2.24, 2.45) is 0 Å². The molecule has 1 saturated heterocycles. The summed E-state index contributed by atoms with van der Waals surface area (Å²) in [5, 5.41) is 0.914. The zero-order valence-corrected chi connectivity index (χ0v) is 15.2. The first-order valence-electron chi connectivity index (χ1n) is 8.98. The summed E-state index contributed by atoms with van der Waals surface area (Å²) in [6.07, 6.45) is 0. The Morgan fingerprint density at radius 2 is 1.69 bits per heavy atom. The third-order valence-corrected chi connectivity index (χ3v) is 4.97. The Morgan fingerprint density at radius 1 is 1.00 bits per heavy atom. The summed E-state index contributed by atoms with van der Waals surface area (Å²) < 4.78 is 5.40. The lowest BCUT2D eigenvalue weighted by molar-refractivity contribution is 0.0303. The molecule has 0 aliphatic carbocycles. The number of aromatic nitrogens is 1. The molecule has 0 saturated carbocycles. The van der Waals surface area contributed by atoms with Gasteiger partial charge in [-0.15, -0.1) is 0 Å². The second-order valence-electron chi connectivity index (χ2n) is 6.75. The van der Waals surface area contributed by atoms with E-state index in [9.17, 15) is 4.79 Å². The van der Waals surface area contributed by atoms with Gasteiger partial charge in [0.15, 0.2) is 0 Å². The fourth-order valence-corrected chi connectivity index (χ4v) is 3.50. The Morgan fingerprint density at radius 3 is 2.42 bits per heavy atom. The molecule has 0 N–H and O–H groups in total. The van der Waals surface area contributed by atoms with Gasteiger partial charge >= 0.3 is 0 Å². The number of morpholine rings is 1. The van der Waals surface area contributed by atoms with Crippen LogP contribution in [0.1, 0.15) is 21.5 Å². The van der Waals surface area contributed by atoms with Crippen molar-refractivity contribution in [3.8, 4) is 11.3 Å². The van der Waals surface area contributed by atoms with Gasteiger partial charge in [0.1, 0.15) is 0 Å². The number of hydrogen-bond acceptors (Lipinski definition) is 3. The summed E-state index contributed by atoms with van der Waals surface area (Å²) in [7, 11) is 0. The maximum Gasteiger partial charge on any atom is 0.255 e. The molecular formula is C22H22N2O2. The van der Waals surface area contributed by atoms with E-state index in [0.717, 1.165) is 33.3 Å². The molecule has 1 fully saturated rings. The van der Waals surface area contributed by atoms with Gasteiger partial charge in [0.25, 0.3) is 5.91 Å². The molecule has 4 heteroatoms. The second-order valence-corrected chi connectivity index (χ2v) is 6.75. The SMILES string of the molecule is Cc1ccc(-c2nc3ccccc3c(C(=O)N3CCOCC3)c2C)cc1. The highest BCUT2D eigenvalue weighted by atomic mass is 16.5. The van der Waals surface area contributed by atoms with Gasteiger partial charge < -0.3 is 9.64 Å². The Bertz CT molecular complexity index is 958. The van der Waals surface area contributed by atoms with E-state index >= 15 is 0 Å². The van der Waals surface area contributed by atoms with Crippen LogP contribution in [0.15, 0.2) is 48.5 Å². The minimum atomic E-state index is 0.0674. The lowest BCUT2D eigenvalue weighted by Gasteiger charge is -2.28. The van der Waals surface area contributed by atoms with Gasteiger partial charge in [-0.3, -0.25) is 4.79 Å². The van der Waals surface area contributed by atoms with Crippen molar-refractivity contribution in [3.63, 3.8) is 0 Å². The van der Waals surface area contributed by atoms with Crippen molar-refractivity contribution < 1.29 is 9.53 Å². The molecule has 1 aromatic heterocycles. The fourth-order valence-electron chi connectivity index (χ4n) is 3.50. The number of nitrogens with zero attached hydrogens (tertiary/aromatic N) is 2. The van der Waals surface area contributed by atoms with Crippen LogP contribution < -0.4 is 0 Å². The average Bonchev–Trinajstić information content (AvgIpc) is 2.68. The highest BCUT2D eigenvalue weighted by Crippen LogP contribution is 2.30. The van der Waals surface area contributed by atoms with Crippen LogP contribution in [-0.4, -0.2) is 42.1 Å². The van der Waals surface area contributed by atoms with Gasteiger partial charge in [0.2, 0.25) is 0 Å². The maximum atomic E-state index is 13.3. The zero-order chi connectivity index (χ0) is 18.1. The van der Waals surface area contributed by atoms with Gasteiger partial charge in [-0.05, 0) is 25.5 Å². The number of para-hydroxylation sites is 1. The third-order valence-electron chi connectivity index (χ3n) is 4.97. The quantitative estimate of drug-likeness (QED) is 0.704. The van der Waals surface area contributed by atoms with E-state index in [2.05, 4.69) is 31.2 Å². The summed E-state index contributed by atoms with van der Waals surface area (Å²) in [5.41, 5.74) is 5.66. The molecule has 4 rings (SSSR count). The molecule has 4 nitrogen and oxygen atoms in total. The normalized spacial score (nSPS) is 14.6. The van der Waals surface area contributed by atoms with E-state index < -0.39 is 0 Å². The van der Waals surface area contributed by atoms with E-state index in [0.29, 0.717) is 26.3 Å². The number of fused-ring (bicyclic) bond motifs is 1. The smallest absolute Gasteiger partial charge is 0.255 e. The molecule has 0 unspecified atom stereocenters. The molecule has 1 aliphatic heterocycles. The predicted octanol–water partition coefficient (Wildman–Crippen LogP) is 3.99. The number of hydrogen-bond donors (Lipinski definition) is 0. The van der Waals surface area contributed by atoms with E-state index in [1.54, 1.807) is 0 Å². The van der Waals surface area contributed by atoms with Crippen LogP contribution in [0.3, 0.4) is 0 Å². The van der Waals surface area contributed by atoms with Crippen LogP contribution in [-0.2, 0) is 4.74 Å². The van der Waals surface area contributed by atoms with E-state index in [1.165, 1.54) is 5.56 Å². The third kappa shape index (κ3) is 2.97. The molecule has 0 spiro atoms. The van der Waals surface area contributed by atoms with Crippen LogP contribution >= 0.6 is 0 Å². The number of amides is 1. The van der Waals surface area contributed by atoms with Crippen LogP contribution in [0.5, 0.6) is 0 Å². The lowest BCUT2D eigenvalue weighted by atomic mass is 9.96. The molecule has 26 heavy (non-hydrogen) atoms. The van der Waals surface area contributed by atoms with Crippen LogP contribution in [0.2, 0.25) is 0 Å². The first kappa shape index (κ1) is 16.7. The lowest BCUT2D eigenvalue weighted by Crippen LogP contribution is -2.41. The zero-order valence-electron chi connectivity index (χ0n) is 15.2. The molecule has 1 amide bonds. The fraction of sp³-hybridized carbons (Fsp3) is 0.273. The molecule has 0 bridgehead atoms. The Balaban J connectivity index is 1.91. The Hall–Kier alpha value is -2.72. The summed E-state index contributed by atoms with van der Waals surface area (Å²) in [5.74, 6) is 0.0674. The predicted molar refractivity (Wildman–Crippen MR) is 103 cm³/mol. The Labute approximate surface area is 153 Å². The van der Waals surface area contributed by atoms with Crippen molar-refractivity contribution in [1.29, 1.82) is 0 Å². The minimum Gasteiger partial charge on any atom is -0.378 e. The highest BCUT2D eigenvalue weighted by Gasteiger charge is 2.24. The first-order valence-corrected chi connectivity index (χ1v) is 8.98. The van der Waals surface area contributed by atoms with Crippen LogP contribution in [0.4, 0.5) is 0 Å². The number of aryl methyl sites for hydroxylation is 1. The van der Waals surface area contributed by atoms with Crippen molar-refractivity contribution in [2.75, 3.05) is 26.3 Å². The molecular weight excluding hydrogens is 324 g/mol. The van der Waals surface area contributed by atoms with Crippen molar-refractivity contribution >= 4 is 16.8 Å². The Kier molecular flexibility index (Phi) is 4.43. The average molecular weight is 346 g/mol. The molecule has 2 aromatic carbocycles. The number of rotatable bonds is 2. The number of benzene rings is 2. The van der Waals surface area contributed by atoms with E-state index in [1.807, 2.05) is 36.1 Å². The topological polar surface area (TPSA) is 42.4 Å². The molecule has 0 radical (unpaired) electrons. The number of carbonyl (C=O) groups is 1. The number of ether oxygens (including phenoxy) is 1. The van der Waals surface area contributed by atoms with Gasteiger partial charge in [-0.1, -0.05) is 48.0 Å². The molecule has 3 aromatic rings. The molecule has 2 heterocycles. The van der Waals surface area contributed by atoms with Gasteiger partial charge in [-0.2, -0.15) is 0 Å². The monoisotopic (exact) mass is 346 g/mol. The standard InChI is InChI=1S/C22H22N2O2/c1-15-7-9-17(10-8-15)21-16(2)20(18-5-3-4-6-19(18)23-21)22(25)24-11-13-26-14-12-24/h3-10H,11-14H2,1-2H3. The molecule has 0 atom stereocenters. The largest absolute Gasteiger partial charge is 0.378 e. The van der Waals surface area contributed by atoms with E-state index in [4.69, 9.17) is 9.72 Å². The number of carbonyl (C=O) groups excluding carboxylic acids is 1. The van der Waals surface area contributed by atoms with Gasteiger partial charge in [0, 0.05) is 24.0 Å². The van der Waals surface area contributed by atoms with Crippen LogP contribution in [0.25, 0.3) is 22.2 Å². The second kappa shape index (κ2) is 6.89. The maximum absolute atomic E-state index is 13.3. The summed E-state index contributed by atoms with van der Waals surface area (Å²) in [6.45, 7) is 6.53. The number of pyridine rings is 1. The van der Waals surface area contributed by atoms with Gasteiger partial charge in [-0.25, -0.2) is 4.98 Å². The molecule has 132 valence electrons. The van der Waals surface area contributed by atoms with Crippen LogP contribution in [0, 0.1) is 13.8 Å². The summed E-state index contributed by atoms with van der Waals surface area (Å²) >= 11 is 0. The summed E-state index contributed by atoms with van der Waals surface area (Å²) in [6, 6.07) is 16.2. The van der Waals surface area contributed by atoms with Gasteiger partial charge in [0.05, 0.1) is 30.0 Å².